The summed E-state index contributed by atoms with van der Waals surface area (Å²) in [6.45, 7) is 8.80. The molecule has 0 aromatic carbocycles. The zero-order valence-corrected chi connectivity index (χ0v) is 7.00. The van der Waals surface area contributed by atoms with Crippen LogP contribution in [0.3, 0.4) is 0 Å². The van der Waals surface area contributed by atoms with E-state index < -0.39 is 6.10 Å². The first-order valence-corrected chi connectivity index (χ1v) is 3.37. The van der Waals surface area contributed by atoms with Crippen molar-refractivity contribution in [2.75, 3.05) is 7.11 Å². The van der Waals surface area contributed by atoms with Crippen molar-refractivity contribution in [3.8, 4) is 0 Å². The van der Waals surface area contributed by atoms with Gasteiger partial charge in [0.25, 0.3) is 0 Å². The monoisotopic (exact) mass is 154 g/mol. The van der Waals surface area contributed by atoms with Gasteiger partial charge in [-0.05, 0) is 13.0 Å². The highest BCUT2D eigenvalue weighted by molar-refractivity contribution is 5.28. The largest absolute Gasteiger partial charge is 0.496 e. The number of aliphatic hydroxyl groups is 1. The Morgan fingerprint density at radius 1 is 1.64 bits per heavy atom. The molecule has 0 aromatic heterocycles. The van der Waals surface area contributed by atoms with Crippen LogP contribution >= 0.6 is 0 Å². The molecule has 0 unspecified atom stereocenters. The van der Waals surface area contributed by atoms with E-state index in [0.717, 1.165) is 0 Å². The molecule has 0 aliphatic carbocycles. The Kier molecular flexibility index (Phi) is 4.30. The SMILES string of the molecule is C=C/C=C(/OC)C(=C)[C@H](C)O. The number of hydrogen-bond donors (Lipinski definition) is 1. The summed E-state index contributed by atoms with van der Waals surface area (Å²) >= 11 is 0. The van der Waals surface area contributed by atoms with Gasteiger partial charge in [0.15, 0.2) is 0 Å². The molecular formula is C9H14O2. The van der Waals surface area contributed by atoms with Crippen molar-refractivity contribution in [1.82, 2.24) is 0 Å². The molecular weight excluding hydrogens is 140 g/mol. The van der Waals surface area contributed by atoms with E-state index >= 15 is 0 Å². The van der Waals surface area contributed by atoms with E-state index in [2.05, 4.69) is 13.2 Å². The minimum absolute atomic E-state index is 0.562. The highest BCUT2D eigenvalue weighted by Gasteiger charge is 2.06. The third kappa shape index (κ3) is 3.05. The molecule has 2 heteroatoms. The number of rotatable bonds is 4. The van der Waals surface area contributed by atoms with Crippen molar-refractivity contribution in [2.24, 2.45) is 0 Å². The fourth-order valence-electron chi connectivity index (χ4n) is 0.619. The van der Waals surface area contributed by atoms with Gasteiger partial charge in [-0.3, -0.25) is 0 Å². The van der Waals surface area contributed by atoms with Crippen LogP contribution in [0.15, 0.2) is 36.6 Å². The Bertz CT molecular complexity index is 178. The van der Waals surface area contributed by atoms with Gasteiger partial charge >= 0.3 is 0 Å². The van der Waals surface area contributed by atoms with Gasteiger partial charge in [-0.25, -0.2) is 0 Å². The molecule has 0 saturated carbocycles. The van der Waals surface area contributed by atoms with Crippen LogP contribution in [-0.4, -0.2) is 18.3 Å². The summed E-state index contributed by atoms with van der Waals surface area (Å²) in [6.07, 6.45) is 2.67. The standard InChI is InChI=1S/C9H14O2/c1-5-6-9(11-4)7(2)8(3)10/h5-6,8,10H,1-2H2,3-4H3/b9-6+/t8-/m0/s1. The van der Waals surface area contributed by atoms with E-state index in [1.807, 2.05) is 0 Å². The van der Waals surface area contributed by atoms with E-state index in [4.69, 9.17) is 9.84 Å². The average molecular weight is 154 g/mol. The molecule has 0 fully saturated rings. The van der Waals surface area contributed by atoms with Gasteiger partial charge in [-0.2, -0.15) is 0 Å². The Hall–Kier alpha value is -1.02. The Morgan fingerprint density at radius 2 is 2.18 bits per heavy atom. The normalized spacial score (nSPS) is 13.9. The smallest absolute Gasteiger partial charge is 0.124 e. The first-order chi connectivity index (χ1) is 5.13. The summed E-state index contributed by atoms with van der Waals surface area (Å²) in [5, 5.41) is 9.09. The fraction of sp³-hybridized carbons (Fsp3) is 0.333. The lowest BCUT2D eigenvalue weighted by Gasteiger charge is -2.10. The fourth-order valence-corrected chi connectivity index (χ4v) is 0.619. The highest BCUT2D eigenvalue weighted by Crippen LogP contribution is 2.12. The maximum absolute atomic E-state index is 9.09. The molecule has 1 atom stereocenters. The molecule has 0 aliphatic rings. The quantitative estimate of drug-likeness (QED) is 0.492. The predicted octanol–water partition coefficient (Wildman–Crippen LogP) is 1.64. The summed E-state index contributed by atoms with van der Waals surface area (Å²) < 4.78 is 4.94. The summed E-state index contributed by atoms with van der Waals surface area (Å²) in [7, 11) is 1.53. The molecule has 0 aromatic rings. The zero-order valence-electron chi connectivity index (χ0n) is 7.00. The molecule has 0 radical (unpaired) electrons. The molecule has 0 rings (SSSR count). The van der Waals surface area contributed by atoms with Gasteiger partial charge in [0.2, 0.25) is 0 Å². The van der Waals surface area contributed by atoms with Crippen molar-refractivity contribution >= 4 is 0 Å². The van der Waals surface area contributed by atoms with E-state index in [0.29, 0.717) is 11.3 Å². The number of methoxy groups -OCH3 is 1. The number of allylic oxidation sites excluding steroid dienone is 2. The van der Waals surface area contributed by atoms with Gasteiger partial charge in [0, 0.05) is 5.57 Å². The first-order valence-electron chi connectivity index (χ1n) is 3.37. The molecule has 0 amide bonds. The molecule has 1 N–H and O–H groups in total. The van der Waals surface area contributed by atoms with Gasteiger partial charge in [0.1, 0.15) is 5.76 Å². The molecule has 2 nitrogen and oxygen atoms in total. The van der Waals surface area contributed by atoms with Gasteiger partial charge in [-0.1, -0.05) is 19.2 Å². The van der Waals surface area contributed by atoms with E-state index in [-0.39, 0.29) is 0 Å². The van der Waals surface area contributed by atoms with Crippen LogP contribution < -0.4 is 0 Å². The second-order valence-corrected chi connectivity index (χ2v) is 2.17. The Morgan fingerprint density at radius 3 is 2.45 bits per heavy atom. The van der Waals surface area contributed by atoms with E-state index in [1.165, 1.54) is 7.11 Å². The molecule has 0 saturated heterocycles. The lowest BCUT2D eigenvalue weighted by molar-refractivity contribution is 0.211. The van der Waals surface area contributed by atoms with Crippen LogP contribution in [0.5, 0.6) is 0 Å². The maximum Gasteiger partial charge on any atom is 0.124 e. The van der Waals surface area contributed by atoms with Crippen LogP contribution in [0.1, 0.15) is 6.92 Å². The molecule has 0 spiro atoms. The third-order valence-electron chi connectivity index (χ3n) is 1.31. The average Bonchev–Trinajstić information content (AvgIpc) is 1.98. The Labute approximate surface area is 67.5 Å². The van der Waals surface area contributed by atoms with Crippen LogP contribution in [0.2, 0.25) is 0 Å². The summed E-state index contributed by atoms with van der Waals surface area (Å²) in [5.74, 6) is 0.565. The second-order valence-electron chi connectivity index (χ2n) is 2.17. The molecule has 0 aliphatic heterocycles. The molecule has 0 heterocycles. The topological polar surface area (TPSA) is 29.5 Å². The zero-order chi connectivity index (χ0) is 8.85. The number of ether oxygens (including phenoxy) is 1. The van der Waals surface area contributed by atoms with Gasteiger partial charge < -0.3 is 9.84 Å². The minimum Gasteiger partial charge on any atom is -0.496 e. The predicted molar refractivity (Wildman–Crippen MR) is 46.1 cm³/mol. The second kappa shape index (κ2) is 4.74. The van der Waals surface area contributed by atoms with E-state index in [9.17, 15) is 0 Å². The first kappa shape index (κ1) is 9.98. The number of aliphatic hydroxyl groups excluding tert-OH is 1. The van der Waals surface area contributed by atoms with Crippen LogP contribution in [0.25, 0.3) is 0 Å². The van der Waals surface area contributed by atoms with E-state index in [1.54, 1.807) is 19.1 Å². The summed E-state index contributed by atoms with van der Waals surface area (Å²) in [6, 6.07) is 0. The Balaban J connectivity index is 4.38. The summed E-state index contributed by atoms with van der Waals surface area (Å²) in [4.78, 5) is 0. The van der Waals surface area contributed by atoms with Gasteiger partial charge in [-0.15, -0.1) is 0 Å². The molecule has 11 heavy (non-hydrogen) atoms. The lowest BCUT2D eigenvalue weighted by Crippen LogP contribution is -2.06. The van der Waals surface area contributed by atoms with Crippen molar-refractivity contribution in [3.63, 3.8) is 0 Å². The van der Waals surface area contributed by atoms with Crippen LogP contribution in [0.4, 0.5) is 0 Å². The van der Waals surface area contributed by atoms with Crippen molar-refractivity contribution < 1.29 is 9.84 Å². The lowest BCUT2D eigenvalue weighted by atomic mass is 10.1. The van der Waals surface area contributed by atoms with Crippen LogP contribution in [-0.2, 0) is 4.74 Å². The minimum atomic E-state index is -0.582. The molecule has 62 valence electrons. The molecule has 0 bridgehead atoms. The van der Waals surface area contributed by atoms with Crippen molar-refractivity contribution in [3.05, 3.63) is 36.6 Å². The highest BCUT2D eigenvalue weighted by atomic mass is 16.5. The van der Waals surface area contributed by atoms with Crippen molar-refractivity contribution in [2.45, 2.75) is 13.0 Å². The third-order valence-corrected chi connectivity index (χ3v) is 1.31. The maximum atomic E-state index is 9.09. The van der Waals surface area contributed by atoms with Gasteiger partial charge in [0.05, 0.1) is 13.2 Å². The number of hydrogen-bond acceptors (Lipinski definition) is 2. The van der Waals surface area contributed by atoms with Crippen molar-refractivity contribution in [1.29, 1.82) is 0 Å². The van der Waals surface area contributed by atoms with Crippen LogP contribution in [0, 0.1) is 0 Å². The summed E-state index contributed by atoms with van der Waals surface area (Å²) in [5.41, 5.74) is 0.562.